The van der Waals surface area contributed by atoms with Gasteiger partial charge in [0.05, 0.1) is 18.8 Å². The number of fused-ring (bicyclic) bond motifs is 5. The number of carbonyl (C=O) groups excluding carboxylic acids is 1. The standard InChI is InChI=1S/C22H31FO4/c1-12-8-16-15-5-4-13-9-14(25)6-7-21(13,3)22(15,23)18(27)10-20(16,2)19(12)17(26)11-24/h6-7,9,12,15-19,24,26-27H,4-5,8,10-11H2,1-3H3. The van der Waals surface area contributed by atoms with E-state index >= 15 is 4.39 Å². The quantitative estimate of drug-likeness (QED) is 0.690. The SMILES string of the molecule is CC1CC2C3CCC4=CC(=O)C=CC4(C)C3(F)C(O)CC2(C)C1C(O)CO. The number of aliphatic hydroxyl groups excluding tert-OH is 3. The average molecular weight is 378 g/mol. The lowest BCUT2D eigenvalue weighted by Crippen LogP contribution is -2.67. The molecule has 0 heterocycles. The molecule has 4 nitrogen and oxygen atoms in total. The molecule has 150 valence electrons. The Morgan fingerprint density at radius 2 is 2.04 bits per heavy atom. The van der Waals surface area contributed by atoms with Crippen LogP contribution in [0.2, 0.25) is 0 Å². The number of carbonyl (C=O) groups is 1. The number of ketones is 1. The minimum absolute atomic E-state index is 0.0384. The zero-order chi connectivity index (χ0) is 19.8. The molecule has 5 heteroatoms. The first kappa shape index (κ1) is 19.3. The molecule has 3 fully saturated rings. The normalized spacial score (nSPS) is 52.6. The number of hydrogen-bond donors (Lipinski definition) is 3. The third kappa shape index (κ3) is 2.28. The van der Waals surface area contributed by atoms with E-state index in [1.165, 1.54) is 6.08 Å². The predicted octanol–water partition coefficient (Wildman–Crippen LogP) is 2.57. The molecule has 27 heavy (non-hydrogen) atoms. The van der Waals surface area contributed by atoms with Gasteiger partial charge in [-0.1, -0.05) is 25.5 Å². The fourth-order valence-electron chi connectivity index (χ4n) is 7.55. The topological polar surface area (TPSA) is 77.8 Å². The third-order valence-electron chi connectivity index (χ3n) is 8.68. The molecular weight excluding hydrogens is 347 g/mol. The van der Waals surface area contributed by atoms with Crippen molar-refractivity contribution in [1.82, 2.24) is 0 Å². The second kappa shape index (κ2) is 5.98. The minimum Gasteiger partial charge on any atom is -0.394 e. The first-order chi connectivity index (χ1) is 12.6. The molecule has 0 radical (unpaired) electrons. The third-order valence-corrected chi connectivity index (χ3v) is 8.68. The monoisotopic (exact) mass is 378 g/mol. The smallest absolute Gasteiger partial charge is 0.178 e. The molecule has 3 N–H and O–H groups in total. The summed E-state index contributed by atoms with van der Waals surface area (Å²) in [6.07, 6.45) is 4.94. The van der Waals surface area contributed by atoms with Crippen molar-refractivity contribution in [1.29, 1.82) is 0 Å². The highest BCUT2D eigenvalue weighted by atomic mass is 19.1. The summed E-state index contributed by atoms with van der Waals surface area (Å²) in [5, 5.41) is 31.2. The van der Waals surface area contributed by atoms with Crippen molar-refractivity contribution in [2.24, 2.45) is 34.5 Å². The van der Waals surface area contributed by atoms with Crippen molar-refractivity contribution in [3.8, 4) is 0 Å². The molecule has 0 bridgehead atoms. The van der Waals surface area contributed by atoms with E-state index in [1.807, 2.05) is 6.92 Å². The molecule has 0 aliphatic heterocycles. The molecular formula is C22H31FO4. The minimum atomic E-state index is -1.82. The van der Waals surface area contributed by atoms with Crippen molar-refractivity contribution in [3.63, 3.8) is 0 Å². The van der Waals surface area contributed by atoms with Gasteiger partial charge in [-0.3, -0.25) is 4.79 Å². The fraction of sp³-hybridized carbons (Fsp3) is 0.773. The van der Waals surface area contributed by atoms with Crippen LogP contribution in [0.1, 0.15) is 46.5 Å². The highest BCUT2D eigenvalue weighted by molar-refractivity contribution is 6.01. The van der Waals surface area contributed by atoms with Crippen LogP contribution in [0.25, 0.3) is 0 Å². The van der Waals surface area contributed by atoms with Crippen LogP contribution in [-0.4, -0.2) is 45.6 Å². The van der Waals surface area contributed by atoms with Gasteiger partial charge < -0.3 is 15.3 Å². The van der Waals surface area contributed by atoms with Gasteiger partial charge in [0.25, 0.3) is 0 Å². The molecule has 0 saturated heterocycles. The van der Waals surface area contributed by atoms with E-state index in [9.17, 15) is 20.1 Å². The van der Waals surface area contributed by atoms with Gasteiger partial charge in [-0.25, -0.2) is 4.39 Å². The Balaban J connectivity index is 1.79. The summed E-state index contributed by atoms with van der Waals surface area (Å²) in [4.78, 5) is 11.8. The van der Waals surface area contributed by atoms with Crippen LogP contribution in [0.15, 0.2) is 23.8 Å². The largest absolute Gasteiger partial charge is 0.394 e. The fourth-order valence-corrected chi connectivity index (χ4v) is 7.55. The van der Waals surface area contributed by atoms with Gasteiger partial charge in [-0.15, -0.1) is 0 Å². The molecule has 0 spiro atoms. The molecule has 9 atom stereocenters. The summed E-state index contributed by atoms with van der Waals surface area (Å²) in [6.45, 7) is 5.63. The number of alkyl halides is 1. The van der Waals surface area contributed by atoms with Crippen LogP contribution in [0.4, 0.5) is 4.39 Å². The average Bonchev–Trinajstić information content (AvgIpc) is 2.86. The highest BCUT2D eigenvalue weighted by Gasteiger charge is 2.71. The Bertz CT molecular complexity index is 717. The molecule has 0 aromatic rings. The van der Waals surface area contributed by atoms with E-state index in [2.05, 4.69) is 13.8 Å². The lowest BCUT2D eigenvalue weighted by Gasteiger charge is -2.62. The first-order valence-electron chi connectivity index (χ1n) is 10.2. The van der Waals surface area contributed by atoms with Crippen molar-refractivity contribution >= 4 is 5.78 Å². The predicted molar refractivity (Wildman–Crippen MR) is 99.5 cm³/mol. The number of rotatable bonds is 2. The van der Waals surface area contributed by atoms with Crippen molar-refractivity contribution < 1.29 is 24.5 Å². The van der Waals surface area contributed by atoms with Gasteiger partial charge in [0.2, 0.25) is 0 Å². The Kier molecular flexibility index (Phi) is 4.27. The maximum absolute atomic E-state index is 16.8. The summed E-state index contributed by atoms with van der Waals surface area (Å²) in [6, 6.07) is 0. The Hall–Kier alpha value is -1.04. The Morgan fingerprint density at radius 3 is 2.70 bits per heavy atom. The molecule has 0 aromatic heterocycles. The van der Waals surface area contributed by atoms with Crippen LogP contribution in [-0.2, 0) is 4.79 Å². The van der Waals surface area contributed by atoms with E-state index < -0.39 is 28.7 Å². The number of aliphatic hydroxyl groups is 3. The van der Waals surface area contributed by atoms with Gasteiger partial charge in [0.1, 0.15) is 0 Å². The van der Waals surface area contributed by atoms with Gasteiger partial charge in [-0.05, 0) is 67.9 Å². The number of halogens is 1. The number of hydrogen-bond acceptors (Lipinski definition) is 4. The van der Waals surface area contributed by atoms with E-state index in [0.717, 1.165) is 12.0 Å². The van der Waals surface area contributed by atoms with Crippen LogP contribution in [0.5, 0.6) is 0 Å². The molecule has 4 aliphatic rings. The van der Waals surface area contributed by atoms with Crippen LogP contribution >= 0.6 is 0 Å². The zero-order valence-corrected chi connectivity index (χ0v) is 16.4. The Morgan fingerprint density at radius 1 is 1.33 bits per heavy atom. The van der Waals surface area contributed by atoms with E-state index in [4.69, 9.17) is 0 Å². The second-order valence-corrected chi connectivity index (χ2v) is 9.84. The van der Waals surface area contributed by atoms with Gasteiger partial charge in [0.15, 0.2) is 11.5 Å². The molecule has 4 rings (SSSR count). The van der Waals surface area contributed by atoms with E-state index in [-0.39, 0.29) is 42.5 Å². The van der Waals surface area contributed by atoms with Gasteiger partial charge in [-0.2, -0.15) is 0 Å². The van der Waals surface area contributed by atoms with Crippen LogP contribution in [0.3, 0.4) is 0 Å². The molecule has 9 unspecified atom stereocenters. The zero-order valence-electron chi connectivity index (χ0n) is 16.4. The summed E-state index contributed by atoms with van der Waals surface area (Å²) in [5.74, 6) is -0.397. The summed E-state index contributed by atoms with van der Waals surface area (Å²) in [7, 11) is 0. The van der Waals surface area contributed by atoms with Crippen LogP contribution < -0.4 is 0 Å². The lowest BCUT2D eigenvalue weighted by molar-refractivity contribution is -0.201. The summed E-state index contributed by atoms with van der Waals surface area (Å²) in [5.41, 5.74) is -2.42. The van der Waals surface area contributed by atoms with Gasteiger partial charge in [0, 0.05) is 11.3 Å². The number of allylic oxidation sites excluding steroid dienone is 4. The van der Waals surface area contributed by atoms with Gasteiger partial charge >= 0.3 is 0 Å². The molecule has 0 amide bonds. The highest BCUT2D eigenvalue weighted by Crippen LogP contribution is 2.70. The summed E-state index contributed by atoms with van der Waals surface area (Å²) >= 11 is 0. The molecule has 4 aliphatic carbocycles. The van der Waals surface area contributed by atoms with Crippen molar-refractivity contribution in [3.05, 3.63) is 23.8 Å². The maximum Gasteiger partial charge on any atom is 0.178 e. The lowest BCUT2D eigenvalue weighted by atomic mass is 9.45. The Labute approximate surface area is 160 Å². The molecule has 3 saturated carbocycles. The maximum atomic E-state index is 16.8. The van der Waals surface area contributed by atoms with Crippen molar-refractivity contribution in [2.75, 3.05) is 6.61 Å². The summed E-state index contributed by atoms with van der Waals surface area (Å²) < 4.78 is 16.8. The van der Waals surface area contributed by atoms with Crippen LogP contribution in [0, 0.1) is 34.5 Å². The second-order valence-electron chi connectivity index (χ2n) is 9.84. The first-order valence-corrected chi connectivity index (χ1v) is 10.2. The van der Waals surface area contributed by atoms with Crippen molar-refractivity contribution in [2.45, 2.75) is 64.3 Å². The van der Waals surface area contributed by atoms with E-state index in [0.29, 0.717) is 12.8 Å². The van der Waals surface area contributed by atoms with E-state index in [1.54, 1.807) is 12.2 Å². The molecule has 0 aromatic carbocycles.